The Morgan fingerprint density at radius 2 is 2.15 bits per heavy atom. The van der Waals surface area contributed by atoms with Crippen molar-refractivity contribution < 1.29 is 13.9 Å². The summed E-state index contributed by atoms with van der Waals surface area (Å²) < 4.78 is 21.1. The van der Waals surface area contributed by atoms with E-state index in [1.165, 1.54) is 17.3 Å². The summed E-state index contributed by atoms with van der Waals surface area (Å²) in [7, 11) is 3.35. The number of carbonyl (C=O) groups excluding carboxylic acids is 1. The second-order valence-electron chi connectivity index (χ2n) is 5.17. The summed E-state index contributed by atoms with van der Waals surface area (Å²) in [6.07, 6.45) is 4.27. The van der Waals surface area contributed by atoms with E-state index in [0.29, 0.717) is 18.9 Å². The lowest BCUT2D eigenvalue weighted by Gasteiger charge is -2.25. The number of aryl methyl sites for hydroxylation is 1. The molecule has 0 radical (unpaired) electrons. The Bertz CT molecular complexity index is 516. The van der Waals surface area contributed by atoms with Crippen LogP contribution in [-0.4, -0.2) is 47.5 Å². The number of ketones is 1. The summed E-state index contributed by atoms with van der Waals surface area (Å²) in [5, 5.41) is 0. The van der Waals surface area contributed by atoms with Crippen molar-refractivity contribution in [2.24, 2.45) is 0 Å². The zero-order valence-corrected chi connectivity index (χ0v) is 12.1. The van der Waals surface area contributed by atoms with Gasteiger partial charge in [-0.25, -0.2) is 9.37 Å². The number of nitrogens with zero attached hydrogens (tertiary/aromatic N) is 3. The van der Waals surface area contributed by atoms with E-state index in [1.54, 1.807) is 14.1 Å². The maximum atomic E-state index is 13.9. The fourth-order valence-electron chi connectivity index (χ4n) is 2.43. The summed E-state index contributed by atoms with van der Waals surface area (Å²) in [5.41, 5.74) is 0.310. The molecule has 0 atom stereocenters. The molecule has 20 heavy (non-hydrogen) atoms. The number of hydrogen-bond acceptors (Lipinski definition) is 4. The minimum atomic E-state index is -0.775. The van der Waals surface area contributed by atoms with Crippen LogP contribution in [0.25, 0.3) is 0 Å². The molecule has 2 rings (SSSR count). The molecule has 0 N–H and O–H groups in total. The number of carbonyl (C=O) groups is 1. The molecular formula is C14H20FN3O2. The summed E-state index contributed by atoms with van der Waals surface area (Å²) >= 11 is 0. The average Bonchev–Trinajstić information content (AvgIpc) is 2.80. The van der Waals surface area contributed by atoms with Gasteiger partial charge in [-0.15, -0.1) is 0 Å². The van der Waals surface area contributed by atoms with E-state index in [-0.39, 0.29) is 6.04 Å². The van der Waals surface area contributed by atoms with Gasteiger partial charge in [0.25, 0.3) is 0 Å². The van der Waals surface area contributed by atoms with Crippen LogP contribution in [0.1, 0.15) is 35.2 Å². The highest BCUT2D eigenvalue weighted by Crippen LogP contribution is 2.25. The summed E-state index contributed by atoms with van der Waals surface area (Å²) in [5.74, 6) is -0.660. The molecule has 1 saturated heterocycles. The quantitative estimate of drug-likeness (QED) is 0.626. The second kappa shape index (κ2) is 6.17. The van der Waals surface area contributed by atoms with Crippen LogP contribution in [0.5, 0.6) is 0 Å². The Hall–Kier alpha value is -1.69. The van der Waals surface area contributed by atoms with Gasteiger partial charge >= 0.3 is 0 Å². The number of aromatic nitrogens is 2. The van der Waals surface area contributed by atoms with Gasteiger partial charge in [0.15, 0.2) is 5.83 Å². The standard InChI is InChI=1S/C14H20FN3O2/c1-10-16-8-13(14(19)12(15)9-17(2)3)18(10)11-4-6-20-7-5-11/h8-9,11H,4-7H2,1-3H3/b12-9+. The van der Waals surface area contributed by atoms with Crippen molar-refractivity contribution in [2.45, 2.75) is 25.8 Å². The second-order valence-corrected chi connectivity index (χ2v) is 5.17. The fourth-order valence-corrected chi connectivity index (χ4v) is 2.43. The van der Waals surface area contributed by atoms with Crippen molar-refractivity contribution in [3.8, 4) is 0 Å². The highest BCUT2D eigenvalue weighted by Gasteiger charge is 2.25. The first kappa shape index (κ1) is 14.7. The molecule has 1 aromatic heterocycles. The fraction of sp³-hybridized carbons (Fsp3) is 0.571. The van der Waals surface area contributed by atoms with E-state index in [4.69, 9.17) is 4.74 Å². The Labute approximate surface area is 118 Å². The predicted octanol–water partition coefficient (Wildman–Crippen LogP) is 2.10. The van der Waals surface area contributed by atoms with Crippen LogP contribution < -0.4 is 0 Å². The molecule has 0 amide bonds. The van der Waals surface area contributed by atoms with E-state index in [0.717, 1.165) is 18.7 Å². The Kier molecular flexibility index (Phi) is 4.54. The third-order valence-corrected chi connectivity index (χ3v) is 3.36. The zero-order chi connectivity index (χ0) is 14.7. The van der Waals surface area contributed by atoms with E-state index >= 15 is 0 Å². The molecule has 1 aromatic rings. The molecule has 0 unspecified atom stereocenters. The molecule has 2 heterocycles. The Morgan fingerprint density at radius 1 is 1.50 bits per heavy atom. The average molecular weight is 281 g/mol. The highest BCUT2D eigenvalue weighted by atomic mass is 19.1. The third kappa shape index (κ3) is 3.07. The Balaban J connectivity index is 2.30. The van der Waals surface area contributed by atoms with Gasteiger partial charge in [0, 0.05) is 39.6 Å². The molecular weight excluding hydrogens is 261 g/mol. The van der Waals surface area contributed by atoms with Gasteiger partial charge in [-0.1, -0.05) is 0 Å². The highest BCUT2D eigenvalue weighted by molar-refractivity contribution is 6.05. The van der Waals surface area contributed by atoms with Crippen LogP contribution in [0, 0.1) is 6.92 Å². The van der Waals surface area contributed by atoms with Crippen molar-refractivity contribution in [3.63, 3.8) is 0 Å². The largest absolute Gasteiger partial charge is 0.381 e. The number of Topliss-reactive ketones (excluding diaryl/α,β-unsaturated/α-hetero) is 1. The zero-order valence-electron chi connectivity index (χ0n) is 12.1. The minimum absolute atomic E-state index is 0.150. The van der Waals surface area contributed by atoms with Crippen molar-refractivity contribution in [1.29, 1.82) is 0 Å². The molecule has 1 fully saturated rings. The van der Waals surface area contributed by atoms with Gasteiger partial charge in [0.05, 0.1) is 6.20 Å². The molecule has 0 aliphatic carbocycles. The topological polar surface area (TPSA) is 47.4 Å². The lowest BCUT2D eigenvalue weighted by molar-refractivity contribution is 0.0675. The molecule has 110 valence electrons. The third-order valence-electron chi connectivity index (χ3n) is 3.36. The van der Waals surface area contributed by atoms with Crippen LogP contribution in [0.2, 0.25) is 0 Å². The van der Waals surface area contributed by atoms with E-state index in [2.05, 4.69) is 4.98 Å². The number of rotatable bonds is 4. The number of ether oxygens (including phenoxy) is 1. The maximum absolute atomic E-state index is 13.9. The van der Waals surface area contributed by atoms with E-state index in [9.17, 15) is 9.18 Å². The number of allylic oxidation sites excluding steroid dienone is 1. The summed E-state index contributed by atoms with van der Waals surface area (Å²) in [4.78, 5) is 17.9. The van der Waals surface area contributed by atoms with Crippen LogP contribution in [0.3, 0.4) is 0 Å². The first-order chi connectivity index (χ1) is 9.50. The predicted molar refractivity (Wildman–Crippen MR) is 73.3 cm³/mol. The number of imidazole rings is 1. The normalized spacial score (nSPS) is 17.3. The maximum Gasteiger partial charge on any atom is 0.240 e. The molecule has 1 aliphatic heterocycles. The lowest BCUT2D eigenvalue weighted by atomic mass is 10.1. The molecule has 5 nitrogen and oxygen atoms in total. The monoisotopic (exact) mass is 281 g/mol. The molecule has 6 heteroatoms. The van der Waals surface area contributed by atoms with Gasteiger partial charge in [-0.2, -0.15) is 0 Å². The number of halogens is 1. The van der Waals surface area contributed by atoms with Crippen LogP contribution in [0.15, 0.2) is 18.2 Å². The molecule has 0 aromatic carbocycles. The molecule has 0 bridgehead atoms. The minimum Gasteiger partial charge on any atom is -0.381 e. The summed E-state index contributed by atoms with van der Waals surface area (Å²) in [6, 6.07) is 0.150. The van der Waals surface area contributed by atoms with Gasteiger partial charge < -0.3 is 14.2 Å². The van der Waals surface area contributed by atoms with Crippen molar-refractivity contribution in [1.82, 2.24) is 14.5 Å². The van der Waals surface area contributed by atoms with Crippen molar-refractivity contribution >= 4 is 5.78 Å². The van der Waals surface area contributed by atoms with Crippen LogP contribution in [0.4, 0.5) is 4.39 Å². The van der Waals surface area contributed by atoms with Crippen molar-refractivity contribution in [3.05, 3.63) is 29.7 Å². The van der Waals surface area contributed by atoms with Gasteiger partial charge in [0.1, 0.15) is 11.5 Å². The molecule has 0 saturated carbocycles. The van der Waals surface area contributed by atoms with Crippen molar-refractivity contribution in [2.75, 3.05) is 27.3 Å². The summed E-state index contributed by atoms with van der Waals surface area (Å²) in [6.45, 7) is 3.15. The van der Waals surface area contributed by atoms with Gasteiger partial charge in [-0.3, -0.25) is 4.79 Å². The van der Waals surface area contributed by atoms with Gasteiger partial charge in [-0.05, 0) is 19.8 Å². The first-order valence-electron chi connectivity index (χ1n) is 6.70. The van der Waals surface area contributed by atoms with Crippen LogP contribution in [-0.2, 0) is 4.74 Å². The molecule has 0 spiro atoms. The van der Waals surface area contributed by atoms with E-state index < -0.39 is 11.6 Å². The first-order valence-corrected chi connectivity index (χ1v) is 6.70. The molecule has 1 aliphatic rings. The SMILES string of the molecule is Cc1ncc(C(=O)/C(F)=C\N(C)C)n1C1CCOCC1. The Morgan fingerprint density at radius 3 is 2.75 bits per heavy atom. The van der Waals surface area contributed by atoms with Gasteiger partial charge in [0.2, 0.25) is 5.78 Å². The van der Waals surface area contributed by atoms with Crippen LogP contribution >= 0.6 is 0 Å². The lowest BCUT2D eigenvalue weighted by Crippen LogP contribution is -2.23. The van der Waals surface area contributed by atoms with E-state index in [1.807, 2.05) is 11.5 Å². The number of hydrogen-bond donors (Lipinski definition) is 0. The smallest absolute Gasteiger partial charge is 0.240 e.